The van der Waals surface area contributed by atoms with Crippen molar-refractivity contribution in [2.24, 2.45) is 0 Å². The molecule has 0 aliphatic carbocycles. The summed E-state index contributed by atoms with van der Waals surface area (Å²) in [6, 6.07) is 3.50. The lowest BCUT2D eigenvalue weighted by atomic mass is 10.1. The third-order valence-corrected chi connectivity index (χ3v) is 27.4. The second-order valence-corrected chi connectivity index (χ2v) is 37.6. The predicted molar refractivity (Wildman–Crippen MR) is 438 cm³/mol. The van der Waals surface area contributed by atoms with E-state index in [1.54, 1.807) is 0 Å². The number of aliphatic hydroxyl groups excluding tert-OH is 6. The number of fused-ring (bicyclic) bond motifs is 3. The molecule has 9 aromatic rings. The fourth-order valence-corrected chi connectivity index (χ4v) is 20.6. The molecule has 18 heterocycles. The lowest BCUT2D eigenvalue weighted by molar-refractivity contribution is -0.181. The number of hydrogen-bond acceptors (Lipinski definition) is 52. The molecule has 0 spiro atoms. The molecule has 0 bridgehead atoms. The van der Waals surface area contributed by atoms with Crippen molar-refractivity contribution in [1.82, 2.24) is 87.2 Å². The Bertz CT molecular complexity index is 5480. The van der Waals surface area contributed by atoms with E-state index in [1.165, 1.54) is 50.9 Å². The van der Waals surface area contributed by atoms with Crippen LogP contribution in [0.25, 0.3) is 33.5 Å². The average molecular weight is 1970 g/mol. The first-order valence-corrected chi connectivity index (χ1v) is 47.3. The second kappa shape index (κ2) is 39.1. The molecule has 61 nitrogen and oxygen atoms in total. The molecule has 30 atom stereocenters. The van der Waals surface area contributed by atoms with Crippen molar-refractivity contribution in [2.45, 2.75) is 205 Å². The summed E-state index contributed by atoms with van der Waals surface area (Å²) in [6.45, 7) is -6.69. The van der Waals surface area contributed by atoms with Gasteiger partial charge in [-0.05, 0) is 37.5 Å². The zero-order valence-corrected chi connectivity index (χ0v) is 73.0. The van der Waals surface area contributed by atoms with Crippen LogP contribution in [0.1, 0.15) is 75.9 Å². The van der Waals surface area contributed by atoms with E-state index in [0.717, 1.165) is 51.3 Å². The maximum atomic E-state index is 14.9. The highest BCUT2D eigenvalue weighted by Gasteiger charge is 2.62. The van der Waals surface area contributed by atoms with Gasteiger partial charge in [-0.15, -0.1) is 0 Å². The van der Waals surface area contributed by atoms with Gasteiger partial charge >= 0.3 is 48.7 Å². The van der Waals surface area contributed by atoms with Gasteiger partial charge in [-0.3, -0.25) is 54.5 Å². The molecular formula is C69H91N24O37P4+. The Morgan fingerprint density at radius 3 is 0.903 bits per heavy atom. The maximum Gasteiger partial charge on any atom is 0.572 e. The Hall–Kier alpha value is -9.03. The zero-order valence-electron chi connectivity index (χ0n) is 69.4. The molecule has 9 fully saturated rings. The van der Waals surface area contributed by atoms with Gasteiger partial charge in [0.25, 0.3) is 0 Å². The van der Waals surface area contributed by atoms with Crippen LogP contribution in [-0.2, 0) is 111 Å². The van der Waals surface area contributed by atoms with Crippen molar-refractivity contribution < 1.29 is 161 Å². The smallest absolute Gasteiger partial charge is 0.387 e. The van der Waals surface area contributed by atoms with E-state index in [9.17, 15) is 78.3 Å². The number of nitrogens with zero attached hydrogens (tertiary/aromatic N) is 18. The number of nitrogens with two attached hydrogens (primary N) is 6. The Morgan fingerprint density at radius 2 is 0.642 bits per heavy atom. The molecule has 18 rings (SSSR count). The quantitative estimate of drug-likeness (QED) is 0.0164. The van der Waals surface area contributed by atoms with Crippen LogP contribution in [0.3, 0.4) is 0 Å². The maximum absolute atomic E-state index is 14.9. The van der Waals surface area contributed by atoms with Crippen LogP contribution in [0.2, 0.25) is 0 Å². The second-order valence-electron chi connectivity index (χ2n) is 31.7. The lowest BCUT2D eigenvalue weighted by Crippen LogP contribution is -2.42. The van der Waals surface area contributed by atoms with E-state index in [2.05, 4.69) is 59.8 Å². The highest BCUT2D eigenvalue weighted by Crippen LogP contribution is 2.62. The van der Waals surface area contributed by atoms with Gasteiger partial charge in [-0.1, -0.05) is 0 Å². The summed E-state index contributed by atoms with van der Waals surface area (Å²) in [5.41, 5.74) is 33.0. The summed E-state index contributed by atoms with van der Waals surface area (Å²) in [5.74, 6) is -1.06. The number of phosphoric acid groups is 3. The molecular weight excluding hydrogens is 1880 g/mol. The molecule has 22 N–H and O–H groups in total. The SMILES string of the molecule is Nc1ccn([C@@H]2O[C@H](CO[P+](O)(OC[C@H]3O[C@@H](n4ccc(N)nc4=O)[C@H](O[C@@H]4CCCO4)[C@@H]3OP(=O)(O)OC[C@H]3O[C@@H](n4cnc5c(N)ncnc54)[C@H](O)[C@@H]3O)OC[C@H]3O[C@@H](n4ccc(N)nc4=O)[C@H](O[C@@H]4CCCO4)[C@@H]3OP(=O)(O)OC[C@H]3O[C@@H](n4cnc5c(N)ncnc54)[C@H](O)[C@@H]3O)[C@@H](OP(=O)(O)OC[C@H]3O[C@@H](n4cnc5c(N)ncnc54)[C@H](O)[C@@H]3O)[C@H]2O[C@@H]2CCCO2)c(=O)n1. The van der Waals surface area contributed by atoms with Crippen LogP contribution in [0.15, 0.2) is 89.1 Å². The third-order valence-electron chi connectivity index (χ3n) is 23.0. The Labute approximate surface area is 750 Å². The first-order valence-electron chi connectivity index (χ1n) is 41.3. The number of nitrogen functional groups attached to an aromatic ring is 6. The minimum absolute atomic E-state index is 0.0513. The van der Waals surface area contributed by atoms with Gasteiger partial charge in [-0.25, -0.2) is 72.9 Å². The number of anilines is 6. The number of rotatable bonds is 36. The molecule has 9 aliphatic rings. The van der Waals surface area contributed by atoms with E-state index in [1.807, 2.05) is 0 Å². The number of aliphatic hydroxyl groups is 6. The Kier molecular flexibility index (Phi) is 27.8. The average Bonchev–Trinajstić information content (AvgIpc) is 1.63. The summed E-state index contributed by atoms with van der Waals surface area (Å²) in [7, 11) is -23.0. The summed E-state index contributed by atoms with van der Waals surface area (Å²) in [6.07, 6.45) is -36.0. The van der Waals surface area contributed by atoms with E-state index < -0.39 is 254 Å². The largest absolute Gasteiger partial charge is 0.572 e. The van der Waals surface area contributed by atoms with Gasteiger partial charge < -0.3 is 137 Å². The minimum atomic E-state index is -5.77. The van der Waals surface area contributed by atoms with Crippen LogP contribution in [-0.4, -0.2) is 326 Å². The highest BCUT2D eigenvalue weighted by molar-refractivity contribution is 7.55. The van der Waals surface area contributed by atoms with Crippen LogP contribution < -0.4 is 51.5 Å². The van der Waals surface area contributed by atoms with Gasteiger partial charge in [0.1, 0.15) is 183 Å². The molecule has 65 heteroatoms. The number of aromatic nitrogens is 18. The van der Waals surface area contributed by atoms with E-state index >= 15 is 0 Å². The number of phosphoric ester groups is 3. The fourth-order valence-electron chi connectivity index (χ4n) is 16.5. The summed E-state index contributed by atoms with van der Waals surface area (Å²) < 4.78 is 179. The highest BCUT2D eigenvalue weighted by atomic mass is 31.2. The van der Waals surface area contributed by atoms with E-state index in [4.69, 9.17) is 132 Å². The monoisotopic (exact) mass is 1970 g/mol. The van der Waals surface area contributed by atoms with Gasteiger partial charge in [-0.2, -0.15) is 33.4 Å². The van der Waals surface area contributed by atoms with Gasteiger partial charge in [0, 0.05) is 57.7 Å². The van der Waals surface area contributed by atoms with Crippen LogP contribution in [0.4, 0.5) is 34.9 Å². The number of hydrogen-bond donors (Lipinski definition) is 16. The van der Waals surface area contributed by atoms with Crippen molar-refractivity contribution in [3.63, 3.8) is 0 Å². The zero-order chi connectivity index (χ0) is 94.1. The Balaban J connectivity index is 0.691. The van der Waals surface area contributed by atoms with E-state index in [-0.39, 0.29) is 107 Å². The summed E-state index contributed by atoms with van der Waals surface area (Å²) in [5, 5.41) is 68.5. The predicted octanol–water partition coefficient (Wildman–Crippen LogP) is -4.89. The standard InChI is InChI=1S/C69H90N24O37P4/c70-34-7-10-88(67(100)85-34)64-52(125-37-4-1-13-110-37)49(128-131(103,104)113-16-28-43(94)46(97)61(119-28)91-25-82-40-55(73)76-22-79-58(40)91)31(122-64)19-116-134(109,117-20-32-50(53(126-38-5-2-14-111-38)65(123-32)89-11-8-35(71)86-68(89)101)129-132(105,106)114-17-29-44(95)47(98)62(120-29)92-26-83-41-56(74)77-23-80-59(41)92)118-21-33-51(54(127-39-6-3-15-112-39)66(124-33)90-12-9-36(72)87-69(90)102)130-133(107,108)115-18-30-45(96)48(99)63(121-30)93-27-84-42-57(75)78-24-81-60(42)93/h7-12,22-33,37-39,43-54,61-66,94-99,109H,1-6,13-21H2,(H14-,70,71,72,73,74,75,76,77,78,79,80,81,85,86,87,100,101,102,103,104,105,106,107,108)/p+1/t28-,29-,30-,31-,32-,33-,37-,38-,39-,43-,44-,45-,46-,47-,48-,49-,50-,51-,52-,53-,54-,61-,62-,63-,64-,65-,66-/m1/s1. The first-order chi connectivity index (χ1) is 64.1. The molecule has 0 amide bonds. The summed E-state index contributed by atoms with van der Waals surface area (Å²) in [4.78, 5) is 141. The molecule has 9 aliphatic heterocycles. The molecule has 9 saturated heterocycles. The molecule has 0 radical (unpaired) electrons. The number of imidazole rings is 3. The van der Waals surface area contributed by atoms with Crippen molar-refractivity contribution >= 4 is 100 Å². The molecule has 3 unspecified atom stereocenters. The molecule has 728 valence electrons. The molecule has 0 aromatic carbocycles. The Morgan fingerprint density at radius 1 is 0.366 bits per heavy atom. The molecule has 0 saturated carbocycles. The van der Waals surface area contributed by atoms with Gasteiger partial charge in [0.2, 0.25) is 0 Å². The lowest BCUT2D eigenvalue weighted by Gasteiger charge is -2.29. The van der Waals surface area contributed by atoms with Crippen LogP contribution >= 0.6 is 31.6 Å². The van der Waals surface area contributed by atoms with Crippen molar-refractivity contribution in [3.05, 3.63) is 106 Å². The van der Waals surface area contributed by atoms with Crippen molar-refractivity contribution in [1.29, 1.82) is 0 Å². The first kappa shape index (κ1) is 95.3. The number of ether oxygens (including phenoxy) is 12. The molecule has 9 aromatic heterocycles. The molecule has 134 heavy (non-hydrogen) atoms. The summed E-state index contributed by atoms with van der Waals surface area (Å²) >= 11 is 0. The van der Waals surface area contributed by atoms with Gasteiger partial charge in [0.05, 0.1) is 38.8 Å². The van der Waals surface area contributed by atoms with Gasteiger partial charge in [0.15, 0.2) is 90.6 Å². The van der Waals surface area contributed by atoms with Crippen LogP contribution in [0, 0.1) is 0 Å². The normalized spacial score (nSPS) is 34.1. The third kappa shape index (κ3) is 19.9. The van der Waals surface area contributed by atoms with Crippen LogP contribution in [0.5, 0.6) is 0 Å². The van der Waals surface area contributed by atoms with E-state index in [0.29, 0.717) is 19.3 Å². The van der Waals surface area contributed by atoms with Crippen molar-refractivity contribution in [3.8, 4) is 0 Å². The topological polar surface area (TPSA) is 839 Å². The van der Waals surface area contributed by atoms with Crippen molar-refractivity contribution in [2.75, 3.05) is 93.9 Å². The minimum Gasteiger partial charge on any atom is -0.387 e. The fraction of sp³-hybridized carbons (Fsp3) is 0.609.